The topological polar surface area (TPSA) is 54.9 Å². The molecule has 4 nitrogen and oxygen atoms in total. The van der Waals surface area contributed by atoms with Crippen LogP contribution in [0.5, 0.6) is 0 Å². The molecular formula is C27H19N3O. The summed E-state index contributed by atoms with van der Waals surface area (Å²) in [5.74, 6) is -0.196. The second kappa shape index (κ2) is 8.20. The Balaban J connectivity index is 1.43. The first-order valence-corrected chi connectivity index (χ1v) is 10.0. The second-order valence-electron chi connectivity index (χ2n) is 7.27. The molecule has 5 rings (SSSR count). The van der Waals surface area contributed by atoms with Crippen LogP contribution in [0.25, 0.3) is 33.0 Å². The van der Waals surface area contributed by atoms with Gasteiger partial charge in [0.2, 0.25) is 0 Å². The summed E-state index contributed by atoms with van der Waals surface area (Å²) in [7, 11) is 0. The van der Waals surface area contributed by atoms with Crippen molar-refractivity contribution in [2.75, 3.05) is 5.32 Å². The smallest absolute Gasteiger partial charge is 0.257 e. The summed E-state index contributed by atoms with van der Waals surface area (Å²) in [5.41, 5.74) is 5.19. The summed E-state index contributed by atoms with van der Waals surface area (Å²) in [6, 6.07) is 27.7. The van der Waals surface area contributed by atoms with Crippen LogP contribution in [-0.4, -0.2) is 15.9 Å². The number of carbonyl (C=O) groups is 1. The highest BCUT2D eigenvalue weighted by Gasteiger charge is 2.10. The van der Waals surface area contributed by atoms with Crippen molar-refractivity contribution in [3.8, 4) is 22.3 Å². The van der Waals surface area contributed by atoms with Gasteiger partial charge in [0.25, 0.3) is 5.91 Å². The number of hydrogen-bond donors (Lipinski definition) is 1. The molecule has 0 aliphatic carbocycles. The standard InChI is InChI=1S/C27H19N3O/c31-27(23-13-22(16-28-17-23)19-7-2-1-3-8-19)30-24-11-6-10-20(14-24)26-18-29-15-21-9-4-5-12-25(21)26/h1-18H,(H,30,31). The Kier molecular flexibility index (Phi) is 4.95. The molecule has 0 aliphatic rings. The molecule has 0 unspecified atom stereocenters. The third kappa shape index (κ3) is 3.91. The number of nitrogens with one attached hydrogen (secondary N) is 1. The summed E-state index contributed by atoms with van der Waals surface area (Å²) in [5, 5.41) is 5.20. The Morgan fingerprint density at radius 3 is 2.32 bits per heavy atom. The van der Waals surface area contributed by atoms with Crippen molar-refractivity contribution in [1.29, 1.82) is 0 Å². The van der Waals surface area contributed by atoms with Gasteiger partial charge in [0.1, 0.15) is 0 Å². The SMILES string of the molecule is O=C(Nc1cccc(-c2cncc3ccccc23)c1)c1cncc(-c2ccccc2)c1. The quantitative estimate of drug-likeness (QED) is 0.389. The molecule has 0 bridgehead atoms. The second-order valence-corrected chi connectivity index (χ2v) is 7.27. The van der Waals surface area contributed by atoms with E-state index in [0.717, 1.165) is 38.7 Å². The number of carbonyl (C=O) groups excluding carboxylic acids is 1. The third-order valence-corrected chi connectivity index (χ3v) is 5.21. The Bertz CT molecular complexity index is 1370. The first-order valence-electron chi connectivity index (χ1n) is 10.0. The Morgan fingerprint density at radius 1 is 0.645 bits per heavy atom. The molecule has 3 aromatic carbocycles. The van der Waals surface area contributed by atoms with Gasteiger partial charge in [0.15, 0.2) is 0 Å². The van der Waals surface area contributed by atoms with Crippen LogP contribution in [0.4, 0.5) is 5.69 Å². The molecule has 0 saturated carbocycles. The molecule has 2 heterocycles. The van der Waals surface area contributed by atoms with E-state index in [1.807, 2.05) is 91.3 Å². The van der Waals surface area contributed by atoms with Crippen LogP contribution < -0.4 is 5.32 Å². The minimum Gasteiger partial charge on any atom is -0.322 e. The molecule has 0 fully saturated rings. The molecule has 0 atom stereocenters. The number of anilines is 1. The van der Waals surface area contributed by atoms with Crippen LogP contribution in [-0.2, 0) is 0 Å². The fourth-order valence-electron chi connectivity index (χ4n) is 3.67. The van der Waals surface area contributed by atoms with Gasteiger partial charge in [-0.05, 0) is 34.7 Å². The molecule has 0 saturated heterocycles. The lowest BCUT2D eigenvalue weighted by Gasteiger charge is -2.10. The highest BCUT2D eigenvalue weighted by Crippen LogP contribution is 2.29. The van der Waals surface area contributed by atoms with Crippen molar-refractivity contribution in [2.45, 2.75) is 0 Å². The molecule has 0 spiro atoms. The van der Waals surface area contributed by atoms with Gasteiger partial charge in [-0.1, -0.05) is 66.7 Å². The Hall–Kier alpha value is -4.31. The maximum Gasteiger partial charge on any atom is 0.257 e. The van der Waals surface area contributed by atoms with E-state index in [0.29, 0.717) is 5.56 Å². The van der Waals surface area contributed by atoms with Gasteiger partial charge in [-0.2, -0.15) is 0 Å². The Morgan fingerprint density at radius 2 is 1.42 bits per heavy atom. The zero-order valence-corrected chi connectivity index (χ0v) is 16.7. The average molecular weight is 401 g/mol. The van der Waals surface area contributed by atoms with Crippen LogP contribution in [0.15, 0.2) is 110 Å². The zero-order valence-electron chi connectivity index (χ0n) is 16.7. The van der Waals surface area contributed by atoms with Crippen molar-refractivity contribution in [3.05, 3.63) is 115 Å². The molecule has 0 aliphatic heterocycles. The lowest BCUT2D eigenvalue weighted by molar-refractivity contribution is 0.102. The number of amides is 1. The predicted octanol–water partition coefficient (Wildman–Crippen LogP) is 6.22. The lowest BCUT2D eigenvalue weighted by Crippen LogP contribution is -2.12. The van der Waals surface area contributed by atoms with Crippen LogP contribution in [0.3, 0.4) is 0 Å². The first-order chi connectivity index (χ1) is 15.3. The maximum absolute atomic E-state index is 12.9. The summed E-state index contributed by atoms with van der Waals surface area (Å²) >= 11 is 0. The molecule has 1 N–H and O–H groups in total. The Labute approximate surface area is 180 Å². The average Bonchev–Trinajstić information content (AvgIpc) is 2.84. The van der Waals surface area contributed by atoms with Gasteiger partial charge in [-0.3, -0.25) is 14.8 Å². The van der Waals surface area contributed by atoms with Gasteiger partial charge in [0, 0.05) is 47.0 Å². The summed E-state index contributed by atoms with van der Waals surface area (Å²) in [4.78, 5) is 21.5. The number of hydrogen-bond acceptors (Lipinski definition) is 3. The van der Waals surface area contributed by atoms with Gasteiger partial charge < -0.3 is 5.32 Å². The number of rotatable bonds is 4. The predicted molar refractivity (Wildman–Crippen MR) is 125 cm³/mol. The van der Waals surface area contributed by atoms with E-state index in [1.54, 1.807) is 12.4 Å². The van der Waals surface area contributed by atoms with Crippen LogP contribution in [0.2, 0.25) is 0 Å². The van der Waals surface area contributed by atoms with Crippen molar-refractivity contribution >= 4 is 22.4 Å². The fraction of sp³-hybridized carbons (Fsp3) is 0. The zero-order chi connectivity index (χ0) is 21.0. The number of nitrogens with zero attached hydrogens (tertiary/aromatic N) is 2. The molecular weight excluding hydrogens is 382 g/mol. The molecule has 4 heteroatoms. The first kappa shape index (κ1) is 18.7. The highest BCUT2D eigenvalue weighted by atomic mass is 16.1. The van der Waals surface area contributed by atoms with Gasteiger partial charge >= 0.3 is 0 Å². The minimum atomic E-state index is -0.196. The summed E-state index contributed by atoms with van der Waals surface area (Å²) in [6.07, 6.45) is 7.06. The van der Waals surface area contributed by atoms with Crippen LogP contribution >= 0.6 is 0 Å². The number of fused-ring (bicyclic) bond motifs is 1. The monoisotopic (exact) mass is 401 g/mol. The molecule has 1 amide bonds. The largest absolute Gasteiger partial charge is 0.322 e. The lowest BCUT2D eigenvalue weighted by atomic mass is 10.0. The fourth-order valence-corrected chi connectivity index (χ4v) is 3.67. The van der Waals surface area contributed by atoms with E-state index >= 15 is 0 Å². The number of pyridine rings is 2. The van der Waals surface area contributed by atoms with E-state index in [2.05, 4.69) is 21.4 Å². The molecule has 2 aromatic heterocycles. The van der Waals surface area contributed by atoms with E-state index in [-0.39, 0.29) is 5.91 Å². The van der Waals surface area contributed by atoms with Crippen molar-refractivity contribution in [2.24, 2.45) is 0 Å². The summed E-state index contributed by atoms with van der Waals surface area (Å²) in [6.45, 7) is 0. The summed E-state index contributed by atoms with van der Waals surface area (Å²) < 4.78 is 0. The molecule has 31 heavy (non-hydrogen) atoms. The number of benzene rings is 3. The van der Waals surface area contributed by atoms with Crippen molar-refractivity contribution in [1.82, 2.24) is 9.97 Å². The van der Waals surface area contributed by atoms with Crippen LogP contribution in [0.1, 0.15) is 10.4 Å². The normalized spacial score (nSPS) is 10.7. The van der Waals surface area contributed by atoms with E-state index in [4.69, 9.17) is 0 Å². The third-order valence-electron chi connectivity index (χ3n) is 5.21. The highest BCUT2D eigenvalue weighted by molar-refractivity contribution is 6.05. The van der Waals surface area contributed by atoms with Gasteiger partial charge in [-0.25, -0.2) is 0 Å². The minimum absolute atomic E-state index is 0.196. The molecule has 148 valence electrons. The van der Waals surface area contributed by atoms with Gasteiger partial charge in [0.05, 0.1) is 5.56 Å². The molecule has 5 aromatic rings. The van der Waals surface area contributed by atoms with E-state index < -0.39 is 0 Å². The van der Waals surface area contributed by atoms with Crippen LogP contribution in [0, 0.1) is 0 Å². The van der Waals surface area contributed by atoms with Gasteiger partial charge in [-0.15, -0.1) is 0 Å². The number of aromatic nitrogens is 2. The maximum atomic E-state index is 12.9. The van der Waals surface area contributed by atoms with Crippen molar-refractivity contribution < 1.29 is 4.79 Å². The van der Waals surface area contributed by atoms with E-state index in [1.165, 1.54) is 0 Å². The molecule has 0 radical (unpaired) electrons. The van der Waals surface area contributed by atoms with Crippen molar-refractivity contribution in [3.63, 3.8) is 0 Å². The van der Waals surface area contributed by atoms with E-state index in [9.17, 15) is 4.79 Å².